The molecule has 2 aromatic heterocycles. The predicted molar refractivity (Wildman–Crippen MR) is 93.8 cm³/mol. The summed E-state index contributed by atoms with van der Waals surface area (Å²) in [6.45, 7) is 3.80. The van der Waals surface area contributed by atoms with Gasteiger partial charge < -0.3 is 14.7 Å². The van der Waals surface area contributed by atoms with Crippen molar-refractivity contribution in [2.75, 3.05) is 18.6 Å². The van der Waals surface area contributed by atoms with Gasteiger partial charge in [0, 0.05) is 18.8 Å². The maximum atomic E-state index is 13.5. The average Bonchev–Trinajstić information content (AvgIpc) is 3.06. The number of aromatic hydroxyl groups is 1. The third kappa shape index (κ3) is 3.17. The minimum absolute atomic E-state index is 0.00314. The summed E-state index contributed by atoms with van der Waals surface area (Å²) < 4.78 is 20.0. The fourth-order valence-corrected chi connectivity index (χ4v) is 2.68. The van der Waals surface area contributed by atoms with Crippen LogP contribution >= 0.6 is 0 Å². The van der Waals surface area contributed by atoms with Crippen LogP contribution in [0.1, 0.15) is 35.8 Å². The lowest BCUT2D eigenvalue weighted by molar-refractivity contribution is 0.0528. The molecule has 0 aliphatic heterocycles. The second-order valence-electron chi connectivity index (χ2n) is 5.82. The van der Waals surface area contributed by atoms with E-state index in [-0.39, 0.29) is 24.0 Å². The van der Waals surface area contributed by atoms with Crippen molar-refractivity contribution in [1.29, 1.82) is 0 Å². The smallest absolute Gasteiger partial charge is 0.343 e. The predicted octanol–water partition coefficient (Wildman–Crippen LogP) is 2.95. The molecule has 1 aromatic carbocycles. The highest BCUT2D eigenvalue weighted by Crippen LogP contribution is 2.31. The Morgan fingerprint density at radius 2 is 2.19 bits per heavy atom. The number of ether oxygens (including phenoxy) is 1. The van der Waals surface area contributed by atoms with Crippen molar-refractivity contribution in [1.82, 2.24) is 14.6 Å². The summed E-state index contributed by atoms with van der Waals surface area (Å²) in [4.78, 5) is 18.3. The molecule has 1 N–H and O–H groups in total. The number of phenols is 1. The molecule has 136 valence electrons. The fourth-order valence-electron chi connectivity index (χ4n) is 2.68. The van der Waals surface area contributed by atoms with Gasteiger partial charge in [-0.05, 0) is 38.1 Å². The van der Waals surface area contributed by atoms with Crippen LogP contribution < -0.4 is 4.90 Å². The van der Waals surface area contributed by atoms with Gasteiger partial charge >= 0.3 is 5.97 Å². The van der Waals surface area contributed by atoms with Crippen LogP contribution in [0, 0.1) is 5.82 Å². The highest BCUT2D eigenvalue weighted by Gasteiger charge is 2.20. The van der Waals surface area contributed by atoms with Crippen LogP contribution in [0.2, 0.25) is 0 Å². The Balaban J connectivity index is 1.97. The lowest BCUT2D eigenvalue weighted by atomic mass is 10.1. The number of hydrogen-bond acceptors (Lipinski definition) is 6. The zero-order valence-electron chi connectivity index (χ0n) is 14.7. The van der Waals surface area contributed by atoms with E-state index >= 15 is 0 Å². The van der Waals surface area contributed by atoms with Crippen molar-refractivity contribution in [2.24, 2.45) is 0 Å². The first-order valence-electron chi connectivity index (χ1n) is 8.15. The molecule has 3 aromatic rings. The Labute approximate surface area is 149 Å². The second-order valence-corrected chi connectivity index (χ2v) is 5.82. The molecule has 26 heavy (non-hydrogen) atoms. The maximum absolute atomic E-state index is 13.5. The van der Waals surface area contributed by atoms with Crippen molar-refractivity contribution in [3.63, 3.8) is 0 Å². The summed E-state index contributed by atoms with van der Waals surface area (Å²) in [5.74, 6) is -0.379. The monoisotopic (exact) mass is 358 g/mol. The van der Waals surface area contributed by atoms with E-state index in [1.807, 2.05) is 6.92 Å². The van der Waals surface area contributed by atoms with Crippen LogP contribution in [-0.4, -0.2) is 39.3 Å². The molecule has 1 unspecified atom stereocenters. The number of nitrogens with zero attached hydrogens (tertiary/aromatic N) is 4. The molecule has 0 spiro atoms. The molecule has 0 aliphatic carbocycles. The van der Waals surface area contributed by atoms with Crippen LogP contribution in [0.3, 0.4) is 0 Å². The number of anilines is 1. The number of fused-ring (bicyclic) bond motifs is 1. The zero-order valence-corrected chi connectivity index (χ0v) is 14.7. The van der Waals surface area contributed by atoms with Gasteiger partial charge in [0.1, 0.15) is 22.9 Å². The number of aromatic nitrogens is 3. The number of carbonyl (C=O) groups excluding carboxylic acids is 1. The topological polar surface area (TPSA) is 80.0 Å². The van der Waals surface area contributed by atoms with E-state index in [0.29, 0.717) is 17.0 Å². The molecule has 0 bridgehead atoms. The zero-order chi connectivity index (χ0) is 18.8. The van der Waals surface area contributed by atoms with Gasteiger partial charge in [0.15, 0.2) is 5.65 Å². The highest BCUT2D eigenvalue weighted by molar-refractivity contribution is 5.95. The Bertz CT molecular complexity index is 957. The van der Waals surface area contributed by atoms with Gasteiger partial charge in [-0.2, -0.15) is 5.10 Å². The molecule has 0 aliphatic rings. The van der Waals surface area contributed by atoms with Crippen LogP contribution in [0.5, 0.6) is 5.75 Å². The highest BCUT2D eigenvalue weighted by atomic mass is 19.1. The molecule has 0 saturated heterocycles. The van der Waals surface area contributed by atoms with Crippen molar-refractivity contribution in [2.45, 2.75) is 19.9 Å². The van der Waals surface area contributed by atoms with Crippen LogP contribution in [-0.2, 0) is 4.74 Å². The van der Waals surface area contributed by atoms with Gasteiger partial charge in [0.25, 0.3) is 0 Å². The number of rotatable bonds is 5. The summed E-state index contributed by atoms with van der Waals surface area (Å²) in [6, 6.07) is 5.18. The third-order valence-electron chi connectivity index (χ3n) is 4.23. The number of esters is 1. The molecular weight excluding hydrogens is 339 g/mol. The Hall–Kier alpha value is -3.16. The number of halogens is 1. The molecule has 3 rings (SSSR count). The number of benzene rings is 1. The van der Waals surface area contributed by atoms with E-state index in [2.05, 4.69) is 10.1 Å². The Morgan fingerprint density at radius 1 is 1.42 bits per heavy atom. The molecule has 7 nitrogen and oxygen atoms in total. The van der Waals surface area contributed by atoms with Gasteiger partial charge in [-0.3, -0.25) is 0 Å². The summed E-state index contributed by atoms with van der Waals surface area (Å²) in [5.41, 5.74) is 1.07. The first-order valence-corrected chi connectivity index (χ1v) is 8.15. The standard InChI is InChI=1S/C18H19FN4O3/c1-4-26-18(25)14-10-20-23-8-7-16(21-17(14)23)22(3)11(2)13-9-12(19)5-6-15(13)24/h5-11,24H,4H2,1-3H3. The van der Waals surface area contributed by atoms with Crippen molar-refractivity contribution in [3.05, 3.63) is 53.6 Å². The summed E-state index contributed by atoms with van der Waals surface area (Å²) >= 11 is 0. The molecule has 2 heterocycles. The number of phenolic OH excluding ortho intramolecular Hbond substituents is 1. The molecule has 0 fully saturated rings. The minimum atomic E-state index is -0.495. The van der Waals surface area contributed by atoms with Crippen LogP contribution in [0.15, 0.2) is 36.7 Å². The van der Waals surface area contributed by atoms with Crippen molar-refractivity contribution < 1.29 is 19.0 Å². The summed E-state index contributed by atoms with van der Waals surface area (Å²) in [6.07, 6.45) is 3.08. The first kappa shape index (κ1) is 17.7. The summed E-state index contributed by atoms with van der Waals surface area (Å²) in [7, 11) is 1.77. The lowest BCUT2D eigenvalue weighted by Crippen LogP contribution is -2.23. The SMILES string of the molecule is CCOC(=O)c1cnn2ccc(N(C)C(C)c3cc(F)ccc3O)nc12. The first-order chi connectivity index (χ1) is 12.4. The lowest BCUT2D eigenvalue weighted by Gasteiger charge is -2.27. The quantitative estimate of drug-likeness (QED) is 0.707. The van der Waals surface area contributed by atoms with E-state index in [4.69, 9.17) is 4.74 Å². The van der Waals surface area contributed by atoms with E-state index in [1.165, 1.54) is 28.9 Å². The maximum Gasteiger partial charge on any atom is 0.343 e. The molecule has 1 atom stereocenters. The number of hydrogen-bond donors (Lipinski definition) is 1. The summed E-state index contributed by atoms with van der Waals surface area (Å²) in [5, 5.41) is 14.1. The second kappa shape index (κ2) is 6.99. The van der Waals surface area contributed by atoms with Crippen molar-refractivity contribution in [3.8, 4) is 5.75 Å². The molecule has 0 saturated carbocycles. The normalized spacial score (nSPS) is 12.2. The van der Waals surface area contributed by atoms with Gasteiger partial charge in [-0.1, -0.05) is 0 Å². The van der Waals surface area contributed by atoms with Gasteiger partial charge in [-0.15, -0.1) is 0 Å². The molecule has 0 radical (unpaired) electrons. The van der Waals surface area contributed by atoms with Crippen LogP contribution in [0.25, 0.3) is 5.65 Å². The average molecular weight is 358 g/mol. The van der Waals surface area contributed by atoms with E-state index in [0.717, 1.165) is 0 Å². The van der Waals surface area contributed by atoms with E-state index < -0.39 is 11.8 Å². The Morgan fingerprint density at radius 3 is 2.92 bits per heavy atom. The van der Waals surface area contributed by atoms with Crippen LogP contribution in [0.4, 0.5) is 10.2 Å². The largest absolute Gasteiger partial charge is 0.508 e. The van der Waals surface area contributed by atoms with E-state index in [9.17, 15) is 14.3 Å². The minimum Gasteiger partial charge on any atom is -0.508 e. The molecular formula is C18H19FN4O3. The number of carbonyl (C=O) groups is 1. The van der Waals surface area contributed by atoms with Gasteiger partial charge in [0.2, 0.25) is 0 Å². The van der Waals surface area contributed by atoms with Gasteiger partial charge in [0.05, 0.1) is 18.8 Å². The Kier molecular flexibility index (Phi) is 4.75. The molecule has 8 heteroatoms. The fraction of sp³-hybridized carbons (Fsp3) is 0.278. The molecule has 0 amide bonds. The van der Waals surface area contributed by atoms with E-state index in [1.54, 1.807) is 31.1 Å². The van der Waals surface area contributed by atoms with Gasteiger partial charge in [-0.25, -0.2) is 18.7 Å². The third-order valence-corrected chi connectivity index (χ3v) is 4.23. The van der Waals surface area contributed by atoms with Crippen molar-refractivity contribution >= 4 is 17.4 Å².